The molecule has 0 amide bonds. The molecule has 0 bridgehead atoms. The van der Waals surface area contributed by atoms with Gasteiger partial charge in [0.15, 0.2) is 0 Å². The van der Waals surface area contributed by atoms with Gasteiger partial charge in [0.1, 0.15) is 12.4 Å². The number of rotatable bonds is 2. The van der Waals surface area contributed by atoms with E-state index in [0.29, 0.717) is 17.2 Å². The molecule has 0 saturated carbocycles. The van der Waals surface area contributed by atoms with Crippen molar-refractivity contribution in [3.05, 3.63) is 59.2 Å². The molecule has 0 fully saturated rings. The maximum atomic E-state index is 10.8. The van der Waals surface area contributed by atoms with Gasteiger partial charge in [-0.3, -0.25) is 4.79 Å². The summed E-state index contributed by atoms with van der Waals surface area (Å²) >= 11 is 0. The average Bonchev–Trinajstić information content (AvgIpc) is 2.82. The van der Waals surface area contributed by atoms with Crippen molar-refractivity contribution in [3.63, 3.8) is 0 Å². The van der Waals surface area contributed by atoms with Gasteiger partial charge < -0.3 is 4.90 Å². The van der Waals surface area contributed by atoms with E-state index >= 15 is 0 Å². The van der Waals surface area contributed by atoms with Crippen molar-refractivity contribution < 1.29 is 4.79 Å². The van der Waals surface area contributed by atoms with Gasteiger partial charge >= 0.3 is 0 Å². The molecule has 1 heterocycles. The van der Waals surface area contributed by atoms with E-state index in [9.17, 15) is 10.1 Å². The van der Waals surface area contributed by atoms with Crippen molar-refractivity contribution >= 4 is 17.7 Å². The molecule has 0 aliphatic carbocycles. The summed E-state index contributed by atoms with van der Waals surface area (Å²) in [6.45, 7) is 2.15. The number of nitrogens with zero attached hydrogens (tertiary/aromatic N) is 2. The van der Waals surface area contributed by atoms with E-state index in [1.807, 2.05) is 18.2 Å². The zero-order valence-corrected chi connectivity index (χ0v) is 11.2. The SMILES string of the molecule is CC1Cc2ccccc2N1c1ccc(C=O)cc1C#N. The Morgan fingerprint density at radius 1 is 1.25 bits per heavy atom. The third-order valence-electron chi connectivity index (χ3n) is 3.74. The Morgan fingerprint density at radius 3 is 2.80 bits per heavy atom. The number of hydrogen-bond donors (Lipinski definition) is 0. The molecule has 0 radical (unpaired) electrons. The maximum Gasteiger partial charge on any atom is 0.150 e. The molecule has 1 aliphatic rings. The topological polar surface area (TPSA) is 44.1 Å². The Kier molecular flexibility index (Phi) is 3.00. The first-order chi connectivity index (χ1) is 9.74. The number of carbonyl (C=O) groups excluding carboxylic acids is 1. The highest BCUT2D eigenvalue weighted by molar-refractivity contribution is 5.81. The molecular formula is C17H14N2O. The van der Waals surface area contributed by atoms with Gasteiger partial charge in [0.25, 0.3) is 0 Å². The summed E-state index contributed by atoms with van der Waals surface area (Å²) in [5, 5.41) is 9.34. The van der Waals surface area contributed by atoms with Crippen LogP contribution in [0.2, 0.25) is 0 Å². The molecule has 0 spiro atoms. The van der Waals surface area contributed by atoms with E-state index in [4.69, 9.17) is 0 Å². The second kappa shape index (κ2) is 4.82. The molecule has 0 aromatic heterocycles. The minimum Gasteiger partial charge on any atom is -0.337 e. The lowest BCUT2D eigenvalue weighted by Gasteiger charge is -2.26. The minimum absolute atomic E-state index is 0.307. The molecule has 0 saturated heterocycles. The van der Waals surface area contributed by atoms with Crippen LogP contribution in [-0.2, 0) is 6.42 Å². The van der Waals surface area contributed by atoms with Gasteiger partial charge in [-0.25, -0.2) is 0 Å². The van der Waals surface area contributed by atoms with Crippen molar-refractivity contribution in [2.24, 2.45) is 0 Å². The van der Waals surface area contributed by atoms with Gasteiger partial charge in [0.05, 0.1) is 11.3 Å². The first-order valence-electron chi connectivity index (χ1n) is 6.61. The molecule has 2 aromatic rings. The fourth-order valence-corrected chi connectivity index (χ4v) is 2.86. The van der Waals surface area contributed by atoms with Crippen LogP contribution in [0.3, 0.4) is 0 Å². The molecule has 1 atom stereocenters. The first kappa shape index (κ1) is 12.4. The third-order valence-corrected chi connectivity index (χ3v) is 3.74. The van der Waals surface area contributed by atoms with Crippen LogP contribution in [0.15, 0.2) is 42.5 Å². The second-order valence-electron chi connectivity index (χ2n) is 5.06. The van der Waals surface area contributed by atoms with Crippen LogP contribution in [0.4, 0.5) is 11.4 Å². The first-order valence-corrected chi connectivity index (χ1v) is 6.61. The van der Waals surface area contributed by atoms with Crippen molar-refractivity contribution in [2.75, 3.05) is 4.90 Å². The zero-order chi connectivity index (χ0) is 14.1. The fourth-order valence-electron chi connectivity index (χ4n) is 2.86. The van der Waals surface area contributed by atoms with Crippen LogP contribution >= 0.6 is 0 Å². The number of para-hydroxylation sites is 1. The van der Waals surface area contributed by atoms with Gasteiger partial charge in [-0.2, -0.15) is 5.26 Å². The summed E-state index contributed by atoms with van der Waals surface area (Å²) in [7, 11) is 0. The van der Waals surface area contributed by atoms with Crippen LogP contribution in [0.5, 0.6) is 0 Å². The van der Waals surface area contributed by atoms with Crippen molar-refractivity contribution in [2.45, 2.75) is 19.4 Å². The van der Waals surface area contributed by atoms with Gasteiger partial charge in [-0.05, 0) is 43.2 Å². The van der Waals surface area contributed by atoms with Crippen molar-refractivity contribution in [1.82, 2.24) is 0 Å². The van der Waals surface area contributed by atoms with E-state index in [1.54, 1.807) is 12.1 Å². The number of hydrogen-bond acceptors (Lipinski definition) is 3. The van der Waals surface area contributed by atoms with Crippen molar-refractivity contribution in [1.29, 1.82) is 5.26 Å². The highest BCUT2D eigenvalue weighted by atomic mass is 16.1. The minimum atomic E-state index is 0.307. The van der Waals surface area contributed by atoms with E-state index < -0.39 is 0 Å². The Balaban J connectivity index is 2.14. The second-order valence-corrected chi connectivity index (χ2v) is 5.06. The Hall–Kier alpha value is -2.60. The average molecular weight is 262 g/mol. The largest absolute Gasteiger partial charge is 0.337 e. The normalized spacial score (nSPS) is 16.6. The Bertz CT molecular complexity index is 715. The highest BCUT2D eigenvalue weighted by Crippen LogP contribution is 2.39. The van der Waals surface area contributed by atoms with E-state index in [1.165, 1.54) is 5.56 Å². The molecule has 3 nitrogen and oxygen atoms in total. The predicted molar refractivity (Wildman–Crippen MR) is 78.3 cm³/mol. The predicted octanol–water partition coefficient (Wildman–Crippen LogP) is 3.45. The van der Waals surface area contributed by atoms with E-state index in [2.05, 4.69) is 30.0 Å². The van der Waals surface area contributed by atoms with Crippen LogP contribution < -0.4 is 4.90 Å². The van der Waals surface area contributed by atoms with Gasteiger partial charge in [0.2, 0.25) is 0 Å². The summed E-state index contributed by atoms with van der Waals surface area (Å²) in [4.78, 5) is 13.0. The van der Waals surface area contributed by atoms with Crippen LogP contribution in [0.25, 0.3) is 0 Å². The van der Waals surface area contributed by atoms with Gasteiger partial charge in [-0.15, -0.1) is 0 Å². The monoisotopic (exact) mass is 262 g/mol. The molecular weight excluding hydrogens is 248 g/mol. The maximum absolute atomic E-state index is 10.8. The fraction of sp³-hybridized carbons (Fsp3) is 0.176. The Morgan fingerprint density at radius 2 is 2.05 bits per heavy atom. The zero-order valence-electron chi connectivity index (χ0n) is 11.2. The smallest absolute Gasteiger partial charge is 0.150 e. The van der Waals surface area contributed by atoms with Crippen LogP contribution in [0, 0.1) is 11.3 Å². The summed E-state index contributed by atoms with van der Waals surface area (Å²) < 4.78 is 0. The number of aldehydes is 1. The lowest BCUT2D eigenvalue weighted by molar-refractivity contribution is 0.112. The molecule has 20 heavy (non-hydrogen) atoms. The molecule has 2 aromatic carbocycles. The molecule has 1 aliphatic heterocycles. The number of carbonyl (C=O) groups is 1. The third kappa shape index (κ3) is 1.86. The van der Waals surface area contributed by atoms with E-state index in [0.717, 1.165) is 24.1 Å². The number of benzene rings is 2. The van der Waals surface area contributed by atoms with Crippen molar-refractivity contribution in [3.8, 4) is 6.07 Å². The summed E-state index contributed by atoms with van der Waals surface area (Å²) in [6, 6.07) is 16.0. The molecule has 3 heteroatoms. The van der Waals surface area contributed by atoms with E-state index in [-0.39, 0.29) is 0 Å². The highest BCUT2D eigenvalue weighted by Gasteiger charge is 2.28. The quantitative estimate of drug-likeness (QED) is 0.778. The lowest BCUT2D eigenvalue weighted by Crippen LogP contribution is -2.24. The Labute approximate surface area is 118 Å². The standard InChI is InChI=1S/C17H14N2O/c1-12-8-14-4-2-3-5-16(14)19(12)17-7-6-13(11-20)9-15(17)10-18/h2-7,9,11-12H,8H2,1H3. The number of anilines is 2. The van der Waals surface area contributed by atoms with Crippen LogP contribution in [0.1, 0.15) is 28.4 Å². The molecule has 1 unspecified atom stereocenters. The van der Waals surface area contributed by atoms with Crippen LogP contribution in [-0.4, -0.2) is 12.3 Å². The number of nitriles is 1. The molecule has 0 N–H and O–H groups in total. The lowest BCUT2D eigenvalue weighted by atomic mass is 10.1. The molecule has 3 rings (SSSR count). The summed E-state index contributed by atoms with van der Waals surface area (Å²) in [5.74, 6) is 0. The summed E-state index contributed by atoms with van der Waals surface area (Å²) in [6.07, 6.45) is 1.74. The van der Waals surface area contributed by atoms with Gasteiger partial charge in [0, 0.05) is 17.3 Å². The molecule has 98 valence electrons. The number of fused-ring (bicyclic) bond motifs is 1. The summed E-state index contributed by atoms with van der Waals surface area (Å²) in [5.41, 5.74) is 4.39. The van der Waals surface area contributed by atoms with Gasteiger partial charge in [-0.1, -0.05) is 18.2 Å².